The lowest BCUT2D eigenvalue weighted by atomic mass is 9.79. The fourth-order valence-corrected chi connectivity index (χ4v) is 8.37. The lowest BCUT2D eigenvalue weighted by Gasteiger charge is -2.31. The first-order valence-electron chi connectivity index (χ1n) is 12.1. The summed E-state index contributed by atoms with van der Waals surface area (Å²) in [5.74, 6) is 0. The van der Waals surface area contributed by atoms with Gasteiger partial charge in [0.1, 0.15) is 0 Å². The van der Waals surface area contributed by atoms with Crippen LogP contribution in [0.1, 0.15) is 74.9 Å². The Balaban J connectivity index is 4.02. The molecule has 0 amide bonds. The zero-order chi connectivity index (χ0) is 26.3. The first-order valence-corrected chi connectivity index (χ1v) is 28.7. The van der Waals surface area contributed by atoms with Gasteiger partial charge in [0.05, 0.1) is 0 Å². The quantitative estimate of drug-likeness (QED) is 0.134. The first kappa shape index (κ1) is 34.4. The van der Waals surface area contributed by atoms with Crippen LogP contribution in [0, 0.1) is 0 Å². The zero-order valence-electron chi connectivity index (χ0n) is 20.9. The van der Waals surface area contributed by atoms with Crippen molar-refractivity contribution in [3.05, 3.63) is 33.4 Å². The van der Waals surface area contributed by atoms with Crippen LogP contribution in [0.4, 0.5) is 0 Å². The molecule has 0 saturated heterocycles. The summed E-state index contributed by atoms with van der Waals surface area (Å²) in [5, 5.41) is 0. The van der Waals surface area contributed by atoms with Gasteiger partial charge in [0, 0.05) is 0 Å². The molecule has 0 nitrogen and oxygen atoms in total. The molecule has 4 unspecified atom stereocenters. The van der Waals surface area contributed by atoms with E-state index in [4.69, 9.17) is 88.6 Å². The Morgan fingerprint density at radius 2 is 0.588 bits per heavy atom. The minimum atomic E-state index is -1.87. The molecule has 0 aliphatic heterocycles. The van der Waals surface area contributed by atoms with E-state index in [-0.39, 0.29) is 22.2 Å². The topological polar surface area (TPSA) is 0 Å². The van der Waals surface area contributed by atoms with E-state index in [1.807, 2.05) is 0 Å². The third kappa shape index (κ3) is 9.86. The van der Waals surface area contributed by atoms with Crippen molar-refractivity contribution in [2.45, 2.75) is 102 Å². The van der Waals surface area contributed by atoms with Crippen LogP contribution in [-0.2, 0) is 38.5 Å². The van der Waals surface area contributed by atoms with Crippen LogP contribution in [0.25, 0.3) is 0 Å². The lowest BCUT2D eigenvalue weighted by Crippen LogP contribution is -2.21. The molecule has 0 aliphatic rings. The second-order valence-corrected chi connectivity index (χ2v) is 30.8. The van der Waals surface area contributed by atoms with E-state index >= 15 is 0 Å². The minimum absolute atomic E-state index is 0.233. The summed E-state index contributed by atoms with van der Waals surface area (Å²) in [6, 6.07) is 0. The normalized spacial score (nSPS) is 16.1. The average molecular weight is 699 g/mol. The van der Waals surface area contributed by atoms with Gasteiger partial charge in [0.25, 0.3) is 0 Å². The first-order chi connectivity index (χ1) is 15.8. The summed E-state index contributed by atoms with van der Waals surface area (Å²) < 4.78 is 0. The van der Waals surface area contributed by atoms with E-state index in [2.05, 4.69) is 41.5 Å². The van der Waals surface area contributed by atoms with Crippen molar-refractivity contribution in [2.24, 2.45) is 0 Å². The Hall–Kier alpha value is 2.41. The Morgan fingerprint density at radius 3 is 0.735 bits per heavy atom. The van der Waals surface area contributed by atoms with E-state index in [1.165, 1.54) is 33.4 Å². The minimum Gasteiger partial charge on any atom is -0.150 e. The maximum Gasteiger partial charge on any atom is 0.240 e. The lowest BCUT2D eigenvalue weighted by molar-refractivity contribution is 0.769. The third-order valence-electron chi connectivity index (χ3n) is 6.72. The van der Waals surface area contributed by atoms with Gasteiger partial charge in [-0.1, -0.05) is 41.5 Å². The van der Waals surface area contributed by atoms with Crippen LogP contribution in [-0.4, -0.2) is 29.7 Å². The molecule has 1 aromatic rings. The fourth-order valence-electron chi connectivity index (χ4n) is 4.58. The largest absolute Gasteiger partial charge is 0.240 e. The van der Waals surface area contributed by atoms with Crippen molar-refractivity contribution in [1.82, 2.24) is 0 Å². The van der Waals surface area contributed by atoms with Gasteiger partial charge in [0.15, 0.2) is 0 Å². The summed E-state index contributed by atoms with van der Waals surface area (Å²) in [7, 11) is -7.42. The maximum absolute atomic E-state index is 6.50. The highest BCUT2D eigenvalue weighted by Gasteiger charge is 2.30. The second-order valence-electron chi connectivity index (χ2n) is 9.64. The van der Waals surface area contributed by atoms with Crippen LogP contribution in [0.3, 0.4) is 0 Å². The van der Waals surface area contributed by atoms with Crippen LogP contribution >= 0.6 is 88.6 Å². The Labute approximate surface area is 251 Å². The number of benzene rings is 1. The monoisotopic (exact) mass is 694 g/mol. The van der Waals surface area contributed by atoms with Crippen molar-refractivity contribution in [3.8, 4) is 0 Å². The van der Waals surface area contributed by atoms with Crippen molar-refractivity contribution < 1.29 is 0 Å². The van der Waals surface area contributed by atoms with E-state index < -0.39 is 29.7 Å². The van der Waals surface area contributed by atoms with Gasteiger partial charge in [-0.25, -0.2) is 0 Å². The highest BCUT2D eigenvalue weighted by molar-refractivity contribution is 7.35. The summed E-state index contributed by atoms with van der Waals surface area (Å²) in [6.45, 7) is 13.2. The Bertz CT molecular complexity index is 713. The van der Waals surface area contributed by atoms with Gasteiger partial charge in [-0.2, -0.15) is 88.6 Å². The maximum atomic E-state index is 6.50. The molecule has 0 fully saturated rings. The van der Waals surface area contributed by atoms with Crippen LogP contribution < -0.4 is 0 Å². The summed E-state index contributed by atoms with van der Waals surface area (Å²) >= 11 is 51.9. The molecular weight excluding hydrogens is 660 g/mol. The van der Waals surface area contributed by atoms with E-state index in [0.29, 0.717) is 0 Å². The standard InChI is InChI=1S/C22H38Cl8Si4/c1-7-17-18(8-2)20(10-14(4)32(25)26)22(12-16(6)34(29)30)21(11-15(5)33(27)28)19(17)9-13(3)31(23)24/h13-16,31-34H,7-12H2,1-6H3. The van der Waals surface area contributed by atoms with Crippen LogP contribution in [0.15, 0.2) is 0 Å². The van der Waals surface area contributed by atoms with Gasteiger partial charge < -0.3 is 0 Å². The van der Waals surface area contributed by atoms with E-state index in [0.717, 1.165) is 38.5 Å². The number of hydrogen-bond acceptors (Lipinski definition) is 0. The van der Waals surface area contributed by atoms with E-state index in [1.54, 1.807) is 0 Å². The highest BCUT2D eigenvalue weighted by Crippen LogP contribution is 2.40. The highest BCUT2D eigenvalue weighted by atomic mass is 35.7. The van der Waals surface area contributed by atoms with Crippen molar-refractivity contribution in [2.75, 3.05) is 0 Å². The van der Waals surface area contributed by atoms with Crippen molar-refractivity contribution in [1.29, 1.82) is 0 Å². The zero-order valence-corrected chi connectivity index (χ0v) is 31.6. The molecule has 0 radical (unpaired) electrons. The van der Waals surface area contributed by atoms with Gasteiger partial charge in [-0.05, 0) is 94.1 Å². The van der Waals surface area contributed by atoms with Gasteiger partial charge in [0.2, 0.25) is 29.7 Å². The molecule has 0 N–H and O–H groups in total. The molecular formula is C22H38Cl8Si4. The number of halogens is 8. The molecule has 0 saturated carbocycles. The van der Waals surface area contributed by atoms with Gasteiger partial charge in [-0.3, -0.25) is 0 Å². The molecule has 4 atom stereocenters. The third-order valence-corrected chi connectivity index (χ3v) is 21.4. The summed E-state index contributed by atoms with van der Waals surface area (Å²) in [5.41, 5.74) is 9.36. The van der Waals surface area contributed by atoms with Crippen LogP contribution in [0.5, 0.6) is 0 Å². The molecule has 1 rings (SSSR count). The molecule has 0 aromatic heterocycles. The second kappa shape index (κ2) is 16.5. The number of hydrogen-bond donors (Lipinski definition) is 0. The smallest absolute Gasteiger partial charge is 0.150 e. The fraction of sp³-hybridized carbons (Fsp3) is 0.727. The molecule has 0 bridgehead atoms. The van der Waals surface area contributed by atoms with Crippen molar-refractivity contribution in [3.63, 3.8) is 0 Å². The Kier molecular flexibility index (Phi) is 16.7. The predicted molar refractivity (Wildman–Crippen MR) is 173 cm³/mol. The molecule has 0 spiro atoms. The summed E-state index contributed by atoms with van der Waals surface area (Å²) in [4.78, 5) is 0. The predicted octanol–water partition coefficient (Wildman–Crippen LogP) is 9.33. The molecule has 12 heteroatoms. The SMILES string of the molecule is CCc1c(CC)c(CC(C)[SiH](Cl)Cl)c(CC(C)[SiH](Cl)Cl)c(CC(C)[SiH](Cl)Cl)c1CC(C)[SiH](Cl)Cl. The van der Waals surface area contributed by atoms with Gasteiger partial charge in [-0.15, -0.1) is 0 Å². The van der Waals surface area contributed by atoms with Crippen LogP contribution in [0.2, 0.25) is 22.2 Å². The summed E-state index contributed by atoms with van der Waals surface area (Å²) in [6.07, 6.45) is 5.36. The average Bonchev–Trinajstić information content (AvgIpc) is 2.75. The molecule has 0 heterocycles. The molecule has 0 aliphatic carbocycles. The van der Waals surface area contributed by atoms with Crippen molar-refractivity contribution >= 4 is 118 Å². The molecule has 198 valence electrons. The van der Waals surface area contributed by atoms with Gasteiger partial charge >= 0.3 is 0 Å². The Morgan fingerprint density at radius 1 is 0.412 bits per heavy atom. The van der Waals surface area contributed by atoms with E-state index in [9.17, 15) is 0 Å². The molecule has 34 heavy (non-hydrogen) atoms. The number of rotatable bonds is 14. The molecule has 1 aromatic carbocycles.